The van der Waals surface area contributed by atoms with Gasteiger partial charge < -0.3 is 15.2 Å². The van der Waals surface area contributed by atoms with E-state index in [0.717, 1.165) is 18.8 Å². The first-order chi connectivity index (χ1) is 8.17. The molecule has 0 amide bonds. The predicted molar refractivity (Wildman–Crippen MR) is 70.1 cm³/mol. The second-order valence-corrected chi connectivity index (χ2v) is 4.67. The Kier molecular flexibility index (Phi) is 6.01. The maximum absolute atomic E-state index is 9.22. The van der Waals surface area contributed by atoms with Crippen molar-refractivity contribution in [3.63, 3.8) is 0 Å². The largest absolute Gasteiger partial charge is 0.497 e. The lowest BCUT2D eigenvalue weighted by molar-refractivity contribution is 0.186. The van der Waals surface area contributed by atoms with Crippen LogP contribution in [-0.2, 0) is 6.54 Å². The van der Waals surface area contributed by atoms with E-state index < -0.39 is 0 Å². The minimum Gasteiger partial charge on any atom is -0.497 e. The number of nitrogens with one attached hydrogen (secondary N) is 1. The fourth-order valence-electron chi connectivity index (χ4n) is 1.70. The number of aliphatic hydroxyl groups excluding tert-OH is 1. The van der Waals surface area contributed by atoms with Crippen LogP contribution in [0.1, 0.15) is 19.4 Å². The lowest BCUT2D eigenvalue weighted by atomic mass is 9.97. The third-order valence-corrected chi connectivity index (χ3v) is 3.05. The number of benzene rings is 1. The van der Waals surface area contributed by atoms with Gasteiger partial charge in [-0.05, 0) is 29.5 Å². The molecule has 0 spiro atoms. The molecule has 1 rings (SSSR count). The van der Waals surface area contributed by atoms with Gasteiger partial charge in [-0.2, -0.15) is 0 Å². The molecule has 0 aliphatic heterocycles. The molecule has 96 valence electrons. The van der Waals surface area contributed by atoms with Crippen LogP contribution in [0.15, 0.2) is 24.3 Å². The maximum Gasteiger partial charge on any atom is 0.119 e. The summed E-state index contributed by atoms with van der Waals surface area (Å²) in [4.78, 5) is 0. The van der Waals surface area contributed by atoms with Crippen molar-refractivity contribution in [1.82, 2.24) is 5.32 Å². The van der Waals surface area contributed by atoms with Crippen LogP contribution in [0.4, 0.5) is 0 Å². The second-order valence-electron chi connectivity index (χ2n) is 4.67. The highest BCUT2D eigenvalue weighted by Gasteiger charge is 2.11. The van der Waals surface area contributed by atoms with Gasteiger partial charge >= 0.3 is 0 Å². The van der Waals surface area contributed by atoms with Gasteiger partial charge in [-0.25, -0.2) is 0 Å². The zero-order chi connectivity index (χ0) is 12.7. The molecular formula is C14H23NO2. The van der Waals surface area contributed by atoms with E-state index in [2.05, 4.69) is 25.2 Å². The lowest BCUT2D eigenvalue weighted by Crippen LogP contribution is -2.28. The Hall–Kier alpha value is -1.06. The molecule has 17 heavy (non-hydrogen) atoms. The zero-order valence-electron chi connectivity index (χ0n) is 10.9. The van der Waals surface area contributed by atoms with Crippen LogP contribution in [-0.4, -0.2) is 25.4 Å². The van der Waals surface area contributed by atoms with E-state index in [4.69, 9.17) is 4.74 Å². The van der Waals surface area contributed by atoms with Gasteiger partial charge in [0.2, 0.25) is 0 Å². The van der Waals surface area contributed by atoms with Gasteiger partial charge in [0.1, 0.15) is 5.75 Å². The van der Waals surface area contributed by atoms with E-state index in [0.29, 0.717) is 11.8 Å². The average molecular weight is 237 g/mol. The zero-order valence-corrected chi connectivity index (χ0v) is 10.9. The van der Waals surface area contributed by atoms with Gasteiger partial charge in [0.25, 0.3) is 0 Å². The monoisotopic (exact) mass is 237 g/mol. The maximum atomic E-state index is 9.22. The van der Waals surface area contributed by atoms with E-state index >= 15 is 0 Å². The van der Waals surface area contributed by atoms with Crippen molar-refractivity contribution < 1.29 is 9.84 Å². The van der Waals surface area contributed by atoms with Crippen molar-refractivity contribution in [2.45, 2.75) is 20.4 Å². The highest BCUT2D eigenvalue weighted by Crippen LogP contribution is 2.13. The summed E-state index contributed by atoms with van der Waals surface area (Å²) in [7, 11) is 1.67. The Labute approximate surface area is 104 Å². The number of aliphatic hydroxyl groups is 1. The van der Waals surface area contributed by atoms with Crippen LogP contribution in [0.3, 0.4) is 0 Å². The van der Waals surface area contributed by atoms with Gasteiger partial charge in [0.05, 0.1) is 7.11 Å². The fourth-order valence-corrected chi connectivity index (χ4v) is 1.70. The Morgan fingerprint density at radius 1 is 1.35 bits per heavy atom. The standard InChI is InChI=1S/C14H23NO2/c1-11(2)13(10-16)9-15-8-12-5-4-6-14(7-12)17-3/h4-7,11,13,15-16H,8-10H2,1-3H3. The molecule has 0 aliphatic rings. The molecule has 0 bridgehead atoms. The molecule has 2 N–H and O–H groups in total. The number of rotatable bonds is 7. The van der Waals surface area contributed by atoms with E-state index in [1.165, 1.54) is 5.56 Å². The Morgan fingerprint density at radius 2 is 2.12 bits per heavy atom. The van der Waals surface area contributed by atoms with E-state index in [1.54, 1.807) is 7.11 Å². The molecule has 0 fully saturated rings. The third-order valence-electron chi connectivity index (χ3n) is 3.05. The lowest BCUT2D eigenvalue weighted by Gasteiger charge is -2.18. The van der Waals surface area contributed by atoms with Crippen LogP contribution in [0, 0.1) is 11.8 Å². The molecule has 0 saturated heterocycles. The van der Waals surface area contributed by atoms with Gasteiger partial charge in [0.15, 0.2) is 0 Å². The Bertz CT molecular complexity index is 326. The molecule has 1 atom stereocenters. The first kappa shape index (κ1) is 14.0. The van der Waals surface area contributed by atoms with E-state index in [-0.39, 0.29) is 6.61 Å². The summed E-state index contributed by atoms with van der Waals surface area (Å²) in [6.45, 7) is 6.15. The summed E-state index contributed by atoms with van der Waals surface area (Å²) in [5.41, 5.74) is 1.20. The van der Waals surface area contributed by atoms with Crippen molar-refractivity contribution in [2.75, 3.05) is 20.3 Å². The van der Waals surface area contributed by atoms with Crippen LogP contribution in [0.5, 0.6) is 5.75 Å². The third kappa shape index (κ3) is 4.75. The minimum atomic E-state index is 0.239. The van der Waals surface area contributed by atoms with Crippen molar-refractivity contribution in [1.29, 1.82) is 0 Å². The molecule has 1 aromatic carbocycles. The van der Waals surface area contributed by atoms with E-state index in [1.807, 2.05) is 18.2 Å². The topological polar surface area (TPSA) is 41.5 Å². The molecular weight excluding hydrogens is 214 g/mol. The van der Waals surface area contributed by atoms with Crippen LogP contribution in [0.25, 0.3) is 0 Å². The summed E-state index contributed by atoms with van der Waals surface area (Å²) in [6.07, 6.45) is 0. The van der Waals surface area contributed by atoms with Crippen LogP contribution in [0.2, 0.25) is 0 Å². The van der Waals surface area contributed by atoms with Crippen molar-refractivity contribution in [3.05, 3.63) is 29.8 Å². The summed E-state index contributed by atoms with van der Waals surface area (Å²) in [6, 6.07) is 8.02. The average Bonchev–Trinajstić information content (AvgIpc) is 2.34. The predicted octanol–water partition coefficient (Wildman–Crippen LogP) is 2.05. The second kappa shape index (κ2) is 7.30. The molecule has 0 aliphatic carbocycles. The Balaban J connectivity index is 2.39. The number of hydrogen-bond donors (Lipinski definition) is 2. The Morgan fingerprint density at radius 3 is 2.71 bits per heavy atom. The fraction of sp³-hybridized carbons (Fsp3) is 0.571. The molecule has 1 unspecified atom stereocenters. The number of methoxy groups -OCH3 is 1. The first-order valence-electron chi connectivity index (χ1n) is 6.12. The smallest absolute Gasteiger partial charge is 0.119 e. The molecule has 1 aromatic rings. The van der Waals surface area contributed by atoms with Crippen LogP contribution < -0.4 is 10.1 Å². The molecule has 3 nitrogen and oxygen atoms in total. The van der Waals surface area contributed by atoms with Gasteiger partial charge in [-0.3, -0.25) is 0 Å². The van der Waals surface area contributed by atoms with Crippen molar-refractivity contribution in [2.24, 2.45) is 11.8 Å². The molecule has 0 heterocycles. The number of hydrogen-bond acceptors (Lipinski definition) is 3. The molecule has 3 heteroatoms. The van der Waals surface area contributed by atoms with Crippen LogP contribution >= 0.6 is 0 Å². The summed E-state index contributed by atoms with van der Waals surface area (Å²) < 4.78 is 5.17. The summed E-state index contributed by atoms with van der Waals surface area (Å²) >= 11 is 0. The van der Waals surface area contributed by atoms with Gasteiger partial charge in [0, 0.05) is 19.7 Å². The quantitative estimate of drug-likeness (QED) is 0.762. The molecule has 0 radical (unpaired) electrons. The van der Waals surface area contributed by atoms with E-state index in [9.17, 15) is 5.11 Å². The minimum absolute atomic E-state index is 0.239. The highest BCUT2D eigenvalue weighted by molar-refractivity contribution is 5.28. The first-order valence-corrected chi connectivity index (χ1v) is 6.12. The van der Waals surface area contributed by atoms with Gasteiger partial charge in [-0.1, -0.05) is 26.0 Å². The highest BCUT2D eigenvalue weighted by atomic mass is 16.5. The van der Waals surface area contributed by atoms with Crippen molar-refractivity contribution in [3.8, 4) is 5.75 Å². The SMILES string of the molecule is COc1cccc(CNCC(CO)C(C)C)c1. The normalized spacial score (nSPS) is 12.8. The molecule has 0 aromatic heterocycles. The number of ether oxygens (including phenoxy) is 1. The van der Waals surface area contributed by atoms with Crippen molar-refractivity contribution >= 4 is 0 Å². The summed E-state index contributed by atoms with van der Waals surface area (Å²) in [5, 5.41) is 12.6. The summed E-state index contributed by atoms with van der Waals surface area (Å²) in [5.74, 6) is 1.70. The molecule has 0 saturated carbocycles. The van der Waals surface area contributed by atoms with Gasteiger partial charge in [-0.15, -0.1) is 0 Å².